The minimum absolute atomic E-state index is 0.120. The maximum Gasteiger partial charge on any atom is 0.222 e. The van der Waals surface area contributed by atoms with Gasteiger partial charge in [-0.1, -0.05) is 6.92 Å². The summed E-state index contributed by atoms with van der Waals surface area (Å²) in [7, 11) is 1.67. The summed E-state index contributed by atoms with van der Waals surface area (Å²) in [5.41, 5.74) is 5.03. The molecule has 1 aromatic carbocycles. The third-order valence-electron chi connectivity index (χ3n) is 3.87. The highest BCUT2D eigenvalue weighted by molar-refractivity contribution is 5.88. The topological polar surface area (TPSA) is 64.1 Å². The van der Waals surface area contributed by atoms with Gasteiger partial charge in [-0.25, -0.2) is 9.97 Å². The van der Waals surface area contributed by atoms with Gasteiger partial charge in [0.2, 0.25) is 5.91 Å². The van der Waals surface area contributed by atoms with Gasteiger partial charge < -0.3 is 10.1 Å². The number of aromatic nitrogens is 2. The van der Waals surface area contributed by atoms with Gasteiger partial charge in [-0.15, -0.1) is 0 Å². The van der Waals surface area contributed by atoms with E-state index < -0.39 is 0 Å². The van der Waals surface area contributed by atoms with Crippen LogP contribution in [0, 0.1) is 0 Å². The van der Waals surface area contributed by atoms with Crippen LogP contribution in [0.5, 0.6) is 5.75 Å². The number of benzene rings is 1. The van der Waals surface area contributed by atoms with Crippen molar-refractivity contribution in [1.82, 2.24) is 9.97 Å². The van der Waals surface area contributed by atoms with Crippen molar-refractivity contribution >= 4 is 11.7 Å². The Hall–Kier alpha value is -2.43. The number of hydrogen-bond acceptors (Lipinski definition) is 4. The Morgan fingerprint density at radius 3 is 2.82 bits per heavy atom. The number of amides is 1. The summed E-state index contributed by atoms with van der Waals surface area (Å²) < 4.78 is 5.29. The van der Waals surface area contributed by atoms with Gasteiger partial charge in [0.05, 0.1) is 24.2 Å². The lowest BCUT2D eigenvalue weighted by Crippen LogP contribution is -2.16. The Balaban J connectivity index is 2.11. The summed E-state index contributed by atoms with van der Waals surface area (Å²) in [5, 5.41) is 2.78. The van der Waals surface area contributed by atoms with Crippen molar-refractivity contribution in [3.05, 3.63) is 35.2 Å². The Morgan fingerprint density at radius 2 is 2.14 bits per heavy atom. The smallest absolute Gasteiger partial charge is 0.222 e. The molecule has 0 spiro atoms. The normalized spacial score (nSPS) is 12.3. The van der Waals surface area contributed by atoms with Crippen molar-refractivity contribution in [3.63, 3.8) is 0 Å². The minimum atomic E-state index is -0.120. The molecule has 0 radical (unpaired) electrons. The lowest BCUT2D eigenvalue weighted by atomic mass is 9.91. The molecule has 0 saturated carbocycles. The van der Waals surface area contributed by atoms with E-state index in [1.54, 1.807) is 7.11 Å². The monoisotopic (exact) mass is 297 g/mol. The zero-order valence-corrected chi connectivity index (χ0v) is 13.1. The quantitative estimate of drug-likeness (QED) is 0.946. The van der Waals surface area contributed by atoms with Crippen LogP contribution < -0.4 is 10.1 Å². The van der Waals surface area contributed by atoms with Crippen LogP contribution in [0.15, 0.2) is 18.2 Å². The highest BCUT2D eigenvalue weighted by atomic mass is 16.5. The van der Waals surface area contributed by atoms with Crippen LogP contribution in [0.3, 0.4) is 0 Å². The van der Waals surface area contributed by atoms with E-state index in [9.17, 15) is 4.79 Å². The number of nitrogens with zero attached hydrogens (tertiary/aromatic N) is 2. The largest absolute Gasteiger partial charge is 0.497 e. The van der Waals surface area contributed by atoms with E-state index in [2.05, 4.69) is 16.4 Å². The minimum Gasteiger partial charge on any atom is -0.497 e. The molecule has 114 valence electrons. The average molecular weight is 297 g/mol. The molecule has 0 fully saturated rings. The number of anilines is 1. The fourth-order valence-corrected chi connectivity index (χ4v) is 2.80. The standard InChI is InChI=1S/C17H19N3O2/c1-4-14-17(18-10(2)21)20-15-8-5-11-9-12(22-3)6-7-13(11)16(15)19-14/h6-7,9H,4-5,8H2,1-3H3,(H,18,20,21). The van der Waals surface area contributed by atoms with Crippen LogP contribution in [0.4, 0.5) is 5.82 Å². The molecule has 5 heteroatoms. The second kappa shape index (κ2) is 5.75. The van der Waals surface area contributed by atoms with Crippen LogP contribution in [-0.4, -0.2) is 23.0 Å². The molecule has 0 bridgehead atoms. The molecule has 1 amide bonds. The third-order valence-corrected chi connectivity index (χ3v) is 3.87. The summed E-state index contributed by atoms with van der Waals surface area (Å²) >= 11 is 0. The van der Waals surface area contributed by atoms with E-state index in [0.717, 1.165) is 47.7 Å². The highest BCUT2D eigenvalue weighted by Crippen LogP contribution is 2.34. The molecule has 0 atom stereocenters. The average Bonchev–Trinajstić information content (AvgIpc) is 2.52. The zero-order chi connectivity index (χ0) is 15.7. The number of nitrogens with one attached hydrogen (secondary N) is 1. The lowest BCUT2D eigenvalue weighted by molar-refractivity contribution is -0.114. The van der Waals surface area contributed by atoms with Crippen molar-refractivity contribution in [2.24, 2.45) is 0 Å². The summed E-state index contributed by atoms with van der Waals surface area (Å²) in [6.07, 6.45) is 2.44. The molecule has 2 aromatic rings. The molecule has 0 unspecified atom stereocenters. The maximum absolute atomic E-state index is 11.3. The first kappa shape index (κ1) is 14.5. The molecule has 0 saturated heterocycles. The summed E-state index contributed by atoms with van der Waals surface area (Å²) in [4.78, 5) is 20.7. The first-order chi connectivity index (χ1) is 10.6. The van der Waals surface area contributed by atoms with E-state index in [1.165, 1.54) is 12.5 Å². The maximum atomic E-state index is 11.3. The van der Waals surface area contributed by atoms with Crippen LogP contribution in [0.1, 0.15) is 30.8 Å². The molecule has 3 rings (SSSR count). The molecular weight excluding hydrogens is 278 g/mol. The van der Waals surface area contributed by atoms with Gasteiger partial charge in [0, 0.05) is 12.5 Å². The molecule has 1 aromatic heterocycles. The lowest BCUT2D eigenvalue weighted by Gasteiger charge is -2.21. The van der Waals surface area contributed by atoms with Crippen LogP contribution >= 0.6 is 0 Å². The Morgan fingerprint density at radius 1 is 1.32 bits per heavy atom. The van der Waals surface area contributed by atoms with Crippen molar-refractivity contribution in [2.45, 2.75) is 33.1 Å². The van der Waals surface area contributed by atoms with E-state index >= 15 is 0 Å². The third kappa shape index (κ3) is 2.54. The molecular formula is C17H19N3O2. The van der Waals surface area contributed by atoms with E-state index in [0.29, 0.717) is 5.82 Å². The highest BCUT2D eigenvalue weighted by Gasteiger charge is 2.21. The fourth-order valence-electron chi connectivity index (χ4n) is 2.80. The van der Waals surface area contributed by atoms with Gasteiger partial charge in [0.25, 0.3) is 0 Å². The van der Waals surface area contributed by atoms with Crippen LogP contribution in [0.2, 0.25) is 0 Å². The molecule has 22 heavy (non-hydrogen) atoms. The van der Waals surface area contributed by atoms with Gasteiger partial charge in [-0.3, -0.25) is 4.79 Å². The van der Waals surface area contributed by atoms with Gasteiger partial charge in [-0.05, 0) is 43.0 Å². The van der Waals surface area contributed by atoms with Gasteiger partial charge in [0.1, 0.15) is 5.75 Å². The Kier molecular flexibility index (Phi) is 3.79. The molecule has 1 heterocycles. The summed E-state index contributed by atoms with van der Waals surface area (Å²) in [5.74, 6) is 1.33. The van der Waals surface area contributed by atoms with Gasteiger partial charge in [-0.2, -0.15) is 0 Å². The number of fused-ring (bicyclic) bond motifs is 3. The summed E-state index contributed by atoms with van der Waals surface area (Å²) in [6, 6.07) is 6.05. The van der Waals surface area contributed by atoms with E-state index in [1.807, 2.05) is 19.1 Å². The van der Waals surface area contributed by atoms with Crippen LogP contribution in [0.25, 0.3) is 11.3 Å². The van der Waals surface area contributed by atoms with Crippen molar-refractivity contribution in [2.75, 3.05) is 12.4 Å². The number of carbonyl (C=O) groups excluding carboxylic acids is 1. The van der Waals surface area contributed by atoms with Crippen molar-refractivity contribution < 1.29 is 9.53 Å². The SMILES string of the molecule is CCc1nc2c(nc1NC(C)=O)CCc1cc(OC)ccc1-2. The Bertz CT molecular complexity index is 741. The predicted molar refractivity (Wildman–Crippen MR) is 85.1 cm³/mol. The fraction of sp³-hybridized carbons (Fsp3) is 0.353. The van der Waals surface area contributed by atoms with Gasteiger partial charge >= 0.3 is 0 Å². The Labute approximate surface area is 129 Å². The molecule has 1 aliphatic rings. The van der Waals surface area contributed by atoms with Crippen molar-refractivity contribution in [3.8, 4) is 17.0 Å². The van der Waals surface area contributed by atoms with Crippen molar-refractivity contribution in [1.29, 1.82) is 0 Å². The molecule has 5 nitrogen and oxygen atoms in total. The van der Waals surface area contributed by atoms with E-state index in [4.69, 9.17) is 9.72 Å². The van der Waals surface area contributed by atoms with Gasteiger partial charge in [0.15, 0.2) is 5.82 Å². The predicted octanol–water partition coefficient (Wildman–Crippen LogP) is 2.77. The number of hydrogen-bond donors (Lipinski definition) is 1. The van der Waals surface area contributed by atoms with Crippen LogP contribution in [-0.2, 0) is 24.1 Å². The molecule has 1 N–H and O–H groups in total. The number of rotatable bonds is 3. The zero-order valence-electron chi connectivity index (χ0n) is 13.1. The van der Waals surface area contributed by atoms with E-state index in [-0.39, 0.29) is 5.91 Å². The number of methoxy groups -OCH3 is 1. The molecule has 1 aliphatic carbocycles. The number of aryl methyl sites for hydroxylation is 3. The molecule has 0 aliphatic heterocycles. The first-order valence-electron chi connectivity index (χ1n) is 7.47. The first-order valence-corrected chi connectivity index (χ1v) is 7.47. The second-order valence-electron chi connectivity index (χ2n) is 5.37. The summed E-state index contributed by atoms with van der Waals surface area (Å²) in [6.45, 7) is 3.50. The number of carbonyl (C=O) groups is 1. The number of ether oxygens (including phenoxy) is 1. The second-order valence-corrected chi connectivity index (χ2v) is 5.37.